The number of aliphatic hydroxyl groups is 2. The van der Waals surface area contributed by atoms with Crippen molar-refractivity contribution in [2.75, 3.05) is 6.61 Å². The van der Waals surface area contributed by atoms with Crippen LogP contribution >= 0.6 is 0 Å². The number of rotatable bonds is 3. The molecule has 0 aromatic carbocycles. The van der Waals surface area contributed by atoms with Crippen LogP contribution in [0.15, 0.2) is 0 Å². The van der Waals surface area contributed by atoms with Gasteiger partial charge in [-0.15, -0.1) is 0 Å². The van der Waals surface area contributed by atoms with Gasteiger partial charge in [0.25, 0.3) is 0 Å². The molecule has 2 rings (SSSR count). The Morgan fingerprint density at radius 3 is 2.60 bits per heavy atom. The van der Waals surface area contributed by atoms with Crippen LogP contribution in [0.5, 0.6) is 0 Å². The molecule has 58 valence electrons. The van der Waals surface area contributed by atoms with Crippen LogP contribution in [0, 0.1) is 0 Å². The van der Waals surface area contributed by atoms with Crippen molar-refractivity contribution in [3.8, 4) is 0 Å². The van der Waals surface area contributed by atoms with Gasteiger partial charge < -0.3 is 19.7 Å². The molecule has 2 N–H and O–H groups in total. The number of aliphatic hydroxyl groups excluding tert-OH is 2. The maximum Gasteiger partial charge on any atom is 0.181 e. The molecule has 0 spiro atoms. The van der Waals surface area contributed by atoms with E-state index in [0.29, 0.717) is 13.0 Å². The number of ether oxygens (including phenoxy) is 2. The second-order valence-electron chi connectivity index (χ2n) is 2.74. The summed E-state index contributed by atoms with van der Waals surface area (Å²) in [5.74, 6) is 0. The normalized spacial score (nSPS) is 46.8. The first kappa shape index (κ1) is 6.54. The van der Waals surface area contributed by atoms with Gasteiger partial charge >= 0.3 is 0 Å². The highest BCUT2D eigenvalue weighted by atomic mass is 16.7. The van der Waals surface area contributed by atoms with Crippen molar-refractivity contribution in [2.45, 2.75) is 31.0 Å². The lowest BCUT2D eigenvalue weighted by atomic mass is 10.1. The lowest BCUT2D eigenvalue weighted by Gasteiger charge is -2.01. The van der Waals surface area contributed by atoms with Crippen LogP contribution in [0.3, 0.4) is 0 Å². The summed E-state index contributed by atoms with van der Waals surface area (Å²) in [6.07, 6.45) is -0.766. The fourth-order valence-corrected chi connectivity index (χ4v) is 0.973. The van der Waals surface area contributed by atoms with Crippen molar-refractivity contribution < 1.29 is 19.7 Å². The second kappa shape index (κ2) is 2.17. The van der Waals surface area contributed by atoms with Gasteiger partial charge in [-0.05, 0) is 0 Å². The van der Waals surface area contributed by atoms with Crippen molar-refractivity contribution >= 4 is 0 Å². The molecule has 2 aliphatic rings. The molecule has 4 nitrogen and oxygen atoms in total. The summed E-state index contributed by atoms with van der Waals surface area (Å²) in [5, 5.41) is 17.9. The van der Waals surface area contributed by atoms with Crippen LogP contribution in [0.25, 0.3) is 0 Å². The van der Waals surface area contributed by atoms with E-state index < -0.39 is 12.4 Å². The molecule has 4 atom stereocenters. The number of epoxide rings is 2. The zero-order valence-electron chi connectivity index (χ0n) is 5.43. The van der Waals surface area contributed by atoms with Crippen molar-refractivity contribution in [3.05, 3.63) is 0 Å². The molecule has 0 aromatic rings. The van der Waals surface area contributed by atoms with Gasteiger partial charge in [0.1, 0.15) is 12.2 Å². The Labute approximate surface area is 58.4 Å². The lowest BCUT2D eigenvalue weighted by molar-refractivity contribution is 0.117. The zero-order valence-corrected chi connectivity index (χ0v) is 5.43. The van der Waals surface area contributed by atoms with Gasteiger partial charge in [0, 0.05) is 6.42 Å². The molecule has 0 bridgehead atoms. The first-order chi connectivity index (χ1) is 4.77. The smallest absolute Gasteiger partial charge is 0.181 e. The average molecular weight is 146 g/mol. The first-order valence-electron chi connectivity index (χ1n) is 3.40. The van der Waals surface area contributed by atoms with E-state index in [2.05, 4.69) is 0 Å². The highest BCUT2D eigenvalue weighted by molar-refractivity contribution is 4.86. The Kier molecular flexibility index (Phi) is 1.42. The molecule has 2 fully saturated rings. The third-order valence-corrected chi connectivity index (χ3v) is 1.82. The number of hydrogen-bond acceptors (Lipinski definition) is 4. The summed E-state index contributed by atoms with van der Waals surface area (Å²) < 4.78 is 9.55. The van der Waals surface area contributed by atoms with Gasteiger partial charge in [-0.25, -0.2) is 0 Å². The summed E-state index contributed by atoms with van der Waals surface area (Å²) in [7, 11) is 0. The molecular formula is C6H10O4. The quantitative estimate of drug-likeness (QED) is 0.493. The highest BCUT2D eigenvalue weighted by Crippen LogP contribution is 2.27. The summed E-state index contributed by atoms with van der Waals surface area (Å²) in [5.41, 5.74) is 0. The molecule has 0 aliphatic carbocycles. The summed E-state index contributed by atoms with van der Waals surface area (Å²) in [6, 6.07) is 0. The Morgan fingerprint density at radius 2 is 2.20 bits per heavy atom. The van der Waals surface area contributed by atoms with E-state index in [0.717, 1.165) is 0 Å². The Bertz CT molecular complexity index is 134. The topological polar surface area (TPSA) is 65.5 Å². The lowest BCUT2D eigenvalue weighted by Crippen LogP contribution is -2.17. The van der Waals surface area contributed by atoms with Gasteiger partial charge in [0.05, 0.1) is 12.7 Å². The SMILES string of the molecule is OC(CC1OC1O)C1CO1. The van der Waals surface area contributed by atoms with Crippen LogP contribution in [0.1, 0.15) is 6.42 Å². The molecule has 2 aliphatic heterocycles. The van der Waals surface area contributed by atoms with E-state index >= 15 is 0 Å². The predicted molar refractivity (Wildman–Crippen MR) is 31.2 cm³/mol. The third kappa shape index (κ3) is 1.29. The minimum atomic E-state index is -0.645. The van der Waals surface area contributed by atoms with E-state index in [4.69, 9.17) is 14.6 Å². The molecule has 0 amide bonds. The van der Waals surface area contributed by atoms with Gasteiger partial charge in [0.2, 0.25) is 0 Å². The van der Waals surface area contributed by atoms with Crippen molar-refractivity contribution in [1.29, 1.82) is 0 Å². The maximum atomic E-state index is 9.20. The van der Waals surface area contributed by atoms with E-state index in [-0.39, 0.29) is 12.2 Å². The molecule has 2 heterocycles. The molecule has 10 heavy (non-hydrogen) atoms. The molecule has 0 aromatic heterocycles. The predicted octanol–water partition coefficient (Wildman–Crippen LogP) is -1.15. The fourth-order valence-electron chi connectivity index (χ4n) is 0.973. The molecule has 0 saturated carbocycles. The van der Waals surface area contributed by atoms with Gasteiger partial charge in [-0.2, -0.15) is 0 Å². The van der Waals surface area contributed by atoms with E-state index in [1.807, 2.05) is 0 Å². The van der Waals surface area contributed by atoms with Gasteiger partial charge in [-0.3, -0.25) is 0 Å². The Morgan fingerprint density at radius 1 is 1.60 bits per heavy atom. The molecule has 4 unspecified atom stereocenters. The fraction of sp³-hybridized carbons (Fsp3) is 1.00. The average Bonchev–Trinajstić information content (AvgIpc) is 2.66. The highest BCUT2D eigenvalue weighted by Gasteiger charge is 2.42. The molecule has 4 heteroatoms. The van der Waals surface area contributed by atoms with Gasteiger partial charge in [0.15, 0.2) is 6.29 Å². The first-order valence-corrected chi connectivity index (χ1v) is 3.40. The van der Waals surface area contributed by atoms with Crippen LogP contribution in [0.2, 0.25) is 0 Å². The van der Waals surface area contributed by atoms with E-state index in [1.54, 1.807) is 0 Å². The van der Waals surface area contributed by atoms with Crippen LogP contribution in [-0.4, -0.2) is 41.4 Å². The van der Waals surface area contributed by atoms with Gasteiger partial charge in [-0.1, -0.05) is 0 Å². The largest absolute Gasteiger partial charge is 0.390 e. The minimum Gasteiger partial charge on any atom is -0.390 e. The summed E-state index contributed by atoms with van der Waals surface area (Å²) in [6.45, 7) is 0.643. The standard InChI is InChI=1S/C6H10O4/c7-3(5-2-9-5)1-4-6(8)10-4/h3-8H,1-2H2. The van der Waals surface area contributed by atoms with Crippen LogP contribution in [0.4, 0.5) is 0 Å². The second-order valence-corrected chi connectivity index (χ2v) is 2.74. The van der Waals surface area contributed by atoms with E-state index in [9.17, 15) is 5.11 Å². The molecule has 0 radical (unpaired) electrons. The van der Waals surface area contributed by atoms with Crippen molar-refractivity contribution in [2.24, 2.45) is 0 Å². The zero-order chi connectivity index (χ0) is 7.14. The van der Waals surface area contributed by atoms with E-state index in [1.165, 1.54) is 0 Å². The third-order valence-electron chi connectivity index (χ3n) is 1.82. The molecular weight excluding hydrogens is 136 g/mol. The Balaban J connectivity index is 1.69. The summed E-state index contributed by atoms with van der Waals surface area (Å²) in [4.78, 5) is 0. The van der Waals surface area contributed by atoms with Crippen LogP contribution < -0.4 is 0 Å². The van der Waals surface area contributed by atoms with Crippen LogP contribution in [-0.2, 0) is 9.47 Å². The van der Waals surface area contributed by atoms with Crippen molar-refractivity contribution in [1.82, 2.24) is 0 Å². The van der Waals surface area contributed by atoms with Crippen molar-refractivity contribution in [3.63, 3.8) is 0 Å². The maximum absolute atomic E-state index is 9.20. The number of hydrogen-bond donors (Lipinski definition) is 2. The molecule has 2 saturated heterocycles. The monoisotopic (exact) mass is 146 g/mol. The Hall–Kier alpha value is -0.160. The summed E-state index contributed by atoms with van der Waals surface area (Å²) >= 11 is 0. The minimum absolute atomic E-state index is 0.00333.